The third-order valence-electron chi connectivity index (χ3n) is 2.65. The topological polar surface area (TPSA) is 83.3 Å². The number of nitrogens with one attached hydrogen (secondary N) is 1. The van der Waals surface area contributed by atoms with Crippen molar-refractivity contribution < 1.29 is 9.90 Å². The molecule has 16 heavy (non-hydrogen) atoms. The van der Waals surface area contributed by atoms with E-state index in [1.54, 1.807) is 17.9 Å². The van der Waals surface area contributed by atoms with E-state index in [-0.39, 0.29) is 0 Å². The van der Waals surface area contributed by atoms with E-state index in [9.17, 15) is 4.79 Å². The fourth-order valence-corrected chi connectivity index (χ4v) is 1.85. The van der Waals surface area contributed by atoms with Crippen molar-refractivity contribution >= 4 is 5.97 Å². The molecule has 0 aliphatic carbocycles. The van der Waals surface area contributed by atoms with E-state index in [0.29, 0.717) is 19.6 Å². The highest BCUT2D eigenvalue weighted by Gasteiger charge is 2.28. The molecule has 2 heterocycles. The van der Waals surface area contributed by atoms with E-state index < -0.39 is 12.0 Å². The van der Waals surface area contributed by atoms with Gasteiger partial charge in [0.25, 0.3) is 0 Å². The molecule has 7 heteroatoms. The second kappa shape index (κ2) is 4.58. The number of carboxylic acid groups (broad SMARTS) is 1. The van der Waals surface area contributed by atoms with Crippen molar-refractivity contribution in [1.82, 2.24) is 25.2 Å². The van der Waals surface area contributed by atoms with E-state index in [0.717, 1.165) is 12.2 Å². The van der Waals surface area contributed by atoms with E-state index in [4.69, 9.17) is 5.11 Å². The van der Waals surface area contributed by atoms with Gasteiger partial charge in [0.15, 0.2) is 0 Å². The maximum absolute atomic E-state index is 11.0. The summed E-state index contributed by atoms with van der Waals surface area (Å²) in [5.41, 5.74) is 0.802. The molecule has 0 amide bonds. The monoisotopic (exact) mass is 225 g/mol. The predicted molar refractivity (Wildman–Crippen MR) is 55.7 cm³/mol. The Balaban J connectivity index is 2.03. The van der Waals surface area contributed by atoms with Crippen LogP contribution in [0, 0.1) is 0 Å². The van der Waals surface area contributed by atoms with Gasteiger partial charge in [0.2, 0.25) is 0 Å². The van der Waals surface area contributed by atoms with Crippen LogP contribution >= 0.6 is 0 Å². The number of carboxylic acids is 1. The Labute approximate surface area is 93.0 Å². The van der Waals surface area contributed by atoms with E-state index >= 15 is 0 Å². The molecule has 1 aliphatic heterocycles. The number of nitrogens with zero attached hydrogens (tertiary/aromatic N) is 4. The molecule has 0 aromatic carbocycles. The van der Waals surface area contributed by atoms with Gasteiger partial charge in [-0.25, -0.2) is 0 Å². The molecule has 1 unspecified atom stereocenters. The quantitative estimate of drug-likeness (QED) is 0.663. The lowest BCUT2D eigenvalue weighted by molar-refractivity contribution is -0.144. The molecule has 1 fully saturated rings. The molecule has 2 N–H and O–H groups in total. The Morgan fingerprint density at radius 2 is 2.56 bits per heavy atom. The van der Waals surface area contributed by atoms with Crippen molar-refractivity contribution in [3.05, 3.63) is 11.9 Å². The Hall–Kier alpha value is -1.47. The smallest absolute Gasteiger partial charge is 0.322 e. The molecule has 7 nitrogen and oxygen atoms in total. The van der Waals surface area contributed by atoms with Gasteiger partial charge in [-0.3, -0.25) is 14.4 Å². The maximum atomic E-state index is 11.0. The summed E-state index contributed by atoms with van der Waals surface area (Å²) in [6.07, 6.45) is 1.81. The lowest BCUT2D eigenvalue weighted by Crippen LogP contribution is -2.54. The van der Waals surface area contributed by atoms with Crippen LogP contribution in [0.4, 0.5) is 0 Å². The normalized spacial score (nSPS) is 22.2. The maximum Gasteiger partial charge on any atom is 0.322 e. The third kappa shape index (κ3) is 2.37. The number of aliphatic carboxylic acids is 1. The molecule has 0 spiro atoms. The van der Waals surface area contributed by atoms with E-state index in [1.807, 2.05) is 4.90 Å². The van der Waals surface area contributed by atoms with Gasteiger partial charge in [0.1, 0.15) is 6.04 Å². The number of carbonyl (C=O) groups is 1. The number of piperazine rings is 1. The predicted octanol–water partition coefficient (Wildman–Crippen LogP) is -1.33. The SMILES string of the molecule is Cn1cc(CN2CCNCC2C(=O)O)nn1. The van der Waals surface area contributed by atoms with Crippen LogP contribution in [0.15, 0.2) is 6.20 Å². The summed E-state index contributed by atoms with van der Waals surface area (Å²) in [5.74, 6) is -0.795. The fraction of sp³-hybridized carbons (Fsp3) is 0.667. The zero-order valence-electron chi connectivity index (χ0n) is 9.13. The zero-order valence-corrected chi connectivity index (χ0v) is 9.13. The molecule has 1 aliphatic rings. The van der Waals surface area contributed by atoms with Gasteiger partial charge in [-0.2, -0.15) is 0 Å². The first-order valence-corrected chi connectivity index (χ1v) is 5.19. The van der Waals surface area contributed by atoms with Gasteiger partial charge in [-0.15, -0.1) is 5.10 Å². The summed E-state index contributed by atoms with van der Waals surface area (Å²) in [6, 6.07) is -0.476. The van der Waals surface area contributed by atoms with Crippen molar-refractivity contribution in [2.75, 3.05) is 19.6 Å². The summed E-state index contributed by atoms with van der Waals surface area (Å²) in [4.78, 5) is 12.9. The molecule has 0 saturated carbocycles. The molecule has 0 bridgehead atoms. The molecule has 0 radical (unpaired) electrons. The van der Waals surface area contributed by atoms with Crippen LogP contribution in [0.25, 0.3) is 0 Å². The summed E-state index contributed by atoms with van der Waals surface area (Å²) >= 11 is 0. The Morgan fingerprint density at radius 3 is 3.19 bits per heavy atom. The number of hydrogen-bond donors (Lipinski definition) is 2. The van der Waals surface area contributed by atoms with Crippen molar-refractivity contribution in [3.63, 3.8) is 0 Å². The zero-order chi connectivity index (χ0) is 11.5. The summed E-state index contributed by atoms with van der Waals surface area (Å²) in [5, 5.41) is 19.9. The van der Waals surface area contributed by atoms with E-state index in [2.05, 4.69) is 15.6 Å². The molecule has 1 aromatic rings. The van der Waals surface area contributed by atoms with Crippen LogP contribution < -0.4 is 5.32 Å². The summed E-state index contributed by atoms with van der Waals surface area (Å²) in [7, 11) is 1.79. The largest absolute Gasteiger partial charge is 0.480 e. The minimum atomic E-state index is -0.795. The lowest BCUT2D eigenvalue weighted by Gasteiger charge is -2.32. The van der Waals surface area contributed by atoms with Gasteiger partial charge in [-0.05, 0) is 0 Å². The highest BCUT2D eigenvalue weighted by molar-refractivity contribution is 5.73. The standard InChI is InChI=1S/C9H15N5O2/c1-13-5-7(11-12-13)6-14-3-2-10-4-8(14)9(15)16/h5,8,10H,2-4,6H2,1H3,(H,15,16). The van der Waals surface area contributed by atoms with Crippen LogP contribution in [0.1, 0.15) is 5.69 Å². The first-order valence-electron chi connectivity index (χ1n) is 5.19. The average molecular weight is 225 g/mol. The van der Waals surface area contributed by atoms with E-state index in [1.165, 1.54) is 0 Å². The van der Waals surface area contributed by atoms with Crippen LogP contribution in [-0.2, 0) is 18.4 Å². The Morgan fingerprint density at radius 1 is 1.75 bits per heavy atom. The second-order valence-corrected chi connectivity index (χ2v) is 3.91. The minimum absolute atomic E-state index is 0.476. The average Bonchev–Trinajstić information content (AvgIpc) is 2.64. The first kappa shape index (κ1) is 11.0. The van der Waals surface area contributed by atoms with Crippen molar-refractivity contribution in [2.45, 2.75) is 12.6 Å². The van der Waals surface area contributed by atoms with Crippen molar-refractivity contribution in [2.24, 2.45) is 7.05 Å². The first-order chi connectivity index (χ1) is 7.66. The number of aromatic nitrogens is 3. The molecule has 2 rings (SSSR count). The van der Waals surface area contributed by atoms with Crippen LogP contribution in [0.2, 0.25) is 0 Å². The fourth-order valence-electron chi connectivity index (χ4n) is 1.85. The third-order valence-corrected chi connectivity index (χ3v) is 2.65. The molecule has 1 saturated heterocycles. The molecule has 1 atom stereocenters. The van der Waals surface area contributed by atoms with Gasteiger partial charge in [0.05, 0.1) is 5.69 Å². The van der Waals surface area contributed by atoms with Crippen molar-refractivity contribution in [3.8, 4) is 0 Å². The minimum Gasteiger partial charge on any atom is -0.480 e. The molecular formula is C9H15N5O2. The van der Waals surface area contributed by atoms with Crippen LogP contribution in [-0.4, -0.2) is 56.6 Å². The number of aryl methyl sites for hydroxylation is 1. The highest BCUT2D eigenvalue weighted by Crippen LogP contribution is 2.08. The summed E-state index contributed by atoms with van der Waals surface area (Å²) in [6.45, 7) is 2.54. The summed E-state index contributed by atoms with van der Waals surface area (Å²) < 4.78 is 1.62. The molecule has 88 valence electrons. The van der Waals surface area contributed by atoms with Gasteiger partial charge in [-0.1, -0.05) is 5.21 Å². The van der Waals surface area contributed by atoms with Crippen molar-refractivity contribution in [1.29, 1.82) is 0 Å². The Bertz CT molecular complexity index is 378. The lowest BCUT2D eigenvalue weighted by atomic mass is 10.2. The van der Waals surface area contributed by atoms with Gasteiger partial charge >= 0.3 is 5.97 Å². The van der Waals surface area contributed by atoms with Gasteiger partial charge in [0, 0.05) is 39.4 Å². The molecule has 1 aromatic heterocycles. The van der Waals surface area contributed by atoms with Crippen LogP contribution in [0.3, 0.4) is 0 Å². The van der Waals surface area contributed by atoms with Crippen LogP contribution in [0.5, 0.6) is 0 Å². The van der Waals surface area contributed by atoms with Gasteiger partial charge < -0.3 is 10.4 Å². The second-order valence-electron chi connectivity index (χ2n) is 3.91. The number of hydrogen-bond acceptors (Lipinski definition) is 5. The Kier molecular flexibility index (Phi) is 3.16. The molecular weight excluding hydrogens is 210 g/mol. The number of rotatable bonds is 3. The highest BCUT2D eigenvalue weighted by atomic mass is 16.4.